The zero-order chi connectivity index (χ0) is 19.3. The Morgan fingerprint density at radius 2 is 1.96 bits per heavy atom. The molecule has 1 aromatic rings. The number of anilines is 1. The van der Waals surface area contributed by atoms with Crippen molar-refractivity contribution in [2.45, 2.75) is 25.2 Å². The molecule has 8 nitrogen and oxygen atoms in total. The summed E-state index contributed by atoms with van der Waals surface area (Å²) >= 11 is 0. The van der Waals surface area contributed by atoms with Crippen LogP contribution < -0.4 is 5.32 Å². The average molecular weight is 420 g/mol. The molecular formula is C17H26ClN3O5S. The van der Waals surface area contributed by atoms with Gasteiger partial charge in [-0.05, 0) is 31.2 Å². The van der Waals surface area contributed by atoms with Gasteiger partial charge < -0.3 is 10.4 Å². The zero-order valence-corrected chi connectivity index (χ0v) is 17.1. The Morgan fingerprint density at radius 1 is 1.30 bits per heavy atom. The van der Waals surface area contributed by atoms with Gasteiger partial charge in [0.1, 0.15) is 0 Å². The Morgan fingerprint density at radius 3 is 2.52 bits per heavy atom. The van der Waals surface area contributed by atoms with E-state index in [4.69, 9.17) is 5.11 Å². The molecule has 1 amide bonds. The Balaban J connectivity index is 0.00000364. The number of halogens is 1. The lowest BCUT2D eigenvalue weighted by Crippen LogP contribution is -2.32. The second-order valence-corrected chi connectivity index (χ2v) is 8.16. The fourth-order valence-electron chi connectivity index (χ4n) is 3.03. The van der Waals surface area contributed by atoms with Gasteiger partial charge in [0.05, 0.1) is 17.4 Å². The number of carbonyl (C=O) groups is 2. The van der Waals surface area contributed by atoms with Gasteiger partial charge in [0.25, 0.3) is 0 Å². The van der Waals surface area contributed by atoms with Gasteiger partial charge in [-0.15, -0.1) is 12.4 Å². The summed E-state index contributed by atoms with van der Waals surface area (Å²) in [7, 11) is -3.59. The Bertz CT molecular complexity index is 768. The van der Waals surface area contributed by atoms with Gasteiger partial charge in [-0.1, -0.05) is 19.9 Å². The van der Waals surface area contributed by atoms with E-state index in [1.807, 2.05) is 0 Å². The van der Waals surface area contributed by atoms with Crippen molar-refractivity contribution in [3.63, 3.8) is 0 Å². The first-order valence-electron chi connectivity index (χ1n) is 8.63. The summed E-state index contributed by atoms with van der Waals surface area (Å²) in [6.07, 6.45) is 0.528. The molecule has 152 valence electrons. The van der Waals surface area contributed by atoms with E-state index in [0.717, 1.165) is 0 Å². The maximum absolute atomic E-state index is 12.6. The van der Waals surface area contributed by atoms with E-state index >= 15 is 0 Å². The van der Waals surface area contributed by atoms with Crippen LogP contribution in [-0.4, -0.2) is 67.3 Å². The molecule has 1 aliphatic heterocycles. The molecule has 0 aliphatic carbocycles. The molecule has 1 unspecified atom stereocenters. The number of carboxylic acids is 1. The standard InChI is InChI=1S/C17H25N3O5S.ClH/c1-3-20(4-2)26(24,25)15-7-5-6-14(10-15)18-16(21)12-19-9-8-13(11-19)17(22)23;/h5-7,10,13H,3-4,8-9,11-12H2,1-2H3,(H,18,21)(H,22,23);1H. The monoisotopic (exact) mass is 419 g/mol. The minimum atomic E-state index is -3.59. The number of nitrogens with one attached hydrogen (secondary N) is 1. The predicted molar refractivity (Wildman–Crippen MR) is 105 cm³/mol. The van der Waals surface area contributed by atoms with Crippen molar-refractivity contribution >= 4 is 40.0 Å². The lowest BCUT2D eigenvalue weighted by Gasteiger charge is -2.19. The maximum atomic E-state index is 12.6. The third kappa shape index (κ3) is 5.90. The first kappa shape index (κ1) is 23.4. The molecule has 0 saturated carbocycles. The van der Waals surface area contributed by atoms with Crippen molar-refractivity contribution in [2.75, 3.05) is 38.0 Å². The number of carboxylic acid groups (broad SMARTS) is 1. The molecule has 2 rings (SSSR count). The minimum absolute atomic E-state index is 0. The summed E-state index contributed by atoms with van der Waals surface area (Å²) in [6, 6.07) is 6.16. The predicted octanol–water partition coefficient (Wildman–Crippen LogP) is 1.48. The number of nitrogens with zero attached hydrogens (tertiary/aromatic N) is 2. The summed E-state index contributed by atoms with van der Waals surface area (Å²) in [4.78, 5) is 25.1. The molecule has 1 aromatic carbocycles. The normalized spacial score (nSPS) is 17.5. The van der Waals surface area contributed by atoms with Crippen molar-refractivity contribution in [3.8, 4) is 0 Å². The van der Waals surface area contributed by atoms with Crippen LogP contribution in [0.5, 0.6) is 0 Å². The summed E-state index contributed by atoms with van der Waals surface area (Å²) in [5, 5.41) is 11.7. The number of amides is 1. The van der Waals surface area contributed by atoms with E-state index < -0.39 is 21.9 Å². The van der Waals surface area contributed by atoms with Crippen LogP contribution >= 0.6 is 12.4 Å². The van der Waals surface area contributed by atoms with Gasteiger partial charge in [0.15, 0.2) is 0 Å². The average Bonchev–Trinajstić information content (AvgIpc) is 3.04. The van der Waals surface area contributed by atoms with E-state index in [2.05, 4.69) is 5.32 Å². The number of rotatable bonds is 8. The number of hydrogen-bond acceptors (Lipinski definition) is 5. The maximum Gasteiger partial charge on any atom is 0.307 e. The molecule has 27 heavy (non-hydrogen) atoms. The van der Waals surface area contributed by atoms with Crippen molar-refractivity contribution in [2.24, 2.45) is 5.92 Å². The van der Waals surface area contributed by atoms with Gasteiger partial charge in [0, 0.05) is 25.3 Å². The molecule has 0 spiro atoms. The van der Waals surface area contributed by atoms with Crippen LogP contribution in [0.4, 0.5) is 5.69 Å². The van der Waals surface area contributed by atoms with Crippen LogP contribution in [-0.2, 0) is 19.6 Å². The third-order valence-electron chi connectivity index (χ3n) is 4.45. The van der Waals surface area contributed by atoms with Crippen molar-refractivity contribution < 1.29 is 23.1 Å². The lowest BCUT2D eigenvalue weighted by molar-refractivity contribution is -0.141. The second-order valence-electron chi connectivity index (χ2n) is 6.22. The first-order chi connectivity index (χ1) is 12.3. The van der Waals surface area contributed by atoms with E-state index in [0.29, 0.717) is 38.3 Å². The highest BCUT2D eigenvalue weighted by atomic mass is 35.5. The second kappa shape index (κ2) is 10.0. The third-order valence-corrected chi connectivity index (χ3v) is 6.50. The topological polar surface area (TPSA) is 107 Å². The molecule has 1 atom stereocenters. The summed E-state index contributed by atoms with van der Waals surface area (Å²) in [5.74, 6) is -1.58. The van der Waals surface area contributed by atoms with Crippen LogP contribution in [0, 0.1) is 5.92 Å². The highest BCUT2D eigenvalue weighted by molar-refractivity contribution is 7.89. The molecule has 10 heteroatoms. The van der Waals surface area contributed by atoms with Gasteiger partial charge >= 0.3 is 5.97 Å². The van der Waals surface area contributed by atoms with E-state index in [1.165, 1.54) is 16.4 Å². The number of aliphatic carboxylic acids is 1. The molecule has 1 fully saturated rings. The van der Waals surface area contributed by atoms with Gasteiger partial charge in [-0.25, -0.2) is 8.42 Å². The van der Waals surface area contributed by atoms with Gasteiger partial charge in [-0.3, -0.25) is 14.5 Å². The highest BCUT2D eigenvalue weighted by Gasteiger charge is 2.29. The van der Waals surface area contributed by atoms with E-state index in [1.54, 1.807) is 30.9 Å². The minimum Gasteiger partial charge on any atom is -0.481 e. The summed E-state index contributed by atoms with van der Waals surface area (Å²) < 4.78 is 26.5. The van der Waals surface area contributed by atoms with Crippen molar-refractivity contribution in [1.29, 1.82) is 0 Å². The molecular weight excluding hydrogens is 394 g/mol. The largest absolute Gasteiger partial charge is 0.481 e. The lowest BCUT2D eigenvalue weighted by atomic mass is 10.1. The van der Waals surface area contributed by atoms with Crippen molar-refractivity contribution in [1.82, 2.24) is 9.21 Å². The number of hydrogen-bond donors (Lipinski definition) is 2. The first-order valence-corrected chi connectivity index (χ1v) is 10.1. The summed E-state index contributed by atoms with van der Waals surface area (Å²) in [5.41, 5.74) is 0.400. The molecule has 0 aromatic heterocycles. The smallest absolute Gasteiger partial charge is 0.307 e. The fourth-order valence-corrected chi connectivity index (χ4v) is 4.53. The quantitative estimate of drug-likeness (QED) is 0.661. The van der Waals surface area contributed by atoms with Crippen LogP contribution in [0.1, 0.15) is 20.3 Å². The van der Waals surface area contributed by atoms with Crippen LogP contribution in [0.2, 0.25) is 0 Å². The SMILES string of the molecule is CCN(CC)S(=O)(=O)c1cccc(NC(=O)CN2CCC(C(=O)O)C2)c1.Cl. The molecule has 1 aliphatic rings. The number of sulfonamides is 1. The van der Waals surface area contributed by atoms with E-state index in [-0.39, 0.29) is 29.8 Å². The Labute approximate surface area is 166 Å². The molecule has 1 saturated heterocycles. The van der Waals surface area contributed by atoms with E-state index in [9.17, 15) is 18.0 Å². The number of likely N-dealkylation sites (tertiary alicyclic amines) is 1. The van der Waals surface area contributed by atoms with Crippen LogP contribution in [0.3, 0.4) is 0 Å². The Kier molecular flexibility index (Phi) is 8.67. The highest BCUT2D eigenvalue weighted by Crippen LogP contribution is 2.20. The van der Waals surface area contributed by atoms with Gasteiger partial charge in [0.2, 0.25) is 15.9 Å². The number of carbonyl (C=O) groups excluding carboxylic acids is 1. The van der Waals surface area contributed by atoms with Crippen molar-refractivity contribution in [3.05, 3.63) is 24.3 Å². The van der Waals surface area contributed by atoms with Gasteiger partial charge in [-0.2, -0.15) is 4.31 Å². The summed E-state index contributed by atoms with van der Waals surface area (Å²) in [6.45, 7) is 5.27. The zero-order valence-electron chi connectivity index (χ0n) is 15.4. The van der Waals surface area contributed by atoms with Crippen LogP contribution in [0.25, 0.3) is 0 Å². The molecule has 1 heterocycles. The molecule has 0 radical (unpaired) electrons. The fraction of sp³-hybridized carbons (Fsp3) is 0.529. The number of benzene rings is 1. The van der Waals surface area contributed by atoms with Crippen LogP contribution in [0.15, 0.2) is 29.2 Å². The molecule has 0 bridgehead atoms. The molecule has 2 N–H and O–H groups in total. The Hall–Kier alpha value is -1.68.